The number of rotatable bonds is 6. The first-order chi connectivity index (χ1) is 5.20. The van der Waals surface area contributed by atoms with Gasteiger partial charge in [0.15, 0.2) is 6.29 Å². The molecule has 0 bridgehead atoms. The first-order valence-electron chi connectivity index (χ1n) is 4.08. The average Bonchev–Trinajstić information content (AvgIpc) is 1.87. The van der Waals surface area contributed by atoms with Crippen molar-refractivity contribution in [2.75, 3.05) is 19.8 Å². The Hall–Kier alpha value is 0.314. The second-order valence-electron chi connectivity index (χ2n) is 2.60. The van der Waals surface area contributed by atoms with Gasteiger partial charge in [-0.2, -0.15) is 0 Å². The Morgan fingerprint density at radius 1 is 1.18 bits per heavy atom. The molecule has 0 heterocycles. The number of hydrogen-bond donors (Lipinski definition) is 0. The Bertz CT molecular complexity index is 86.7. The van der Waals surface area contributed by atoms with E-state index in [4.69, 9.17) is 9.47 Å². The van der Waals surface area contributed by atoms with Crippen molar-refractivity contribution in [2.45, 2.75) is 20.1 Å². The van der Waals surface area contributed by atoms with Crippen molar-refractivity contribution in [1.82, 2.24) is 4.23 Å². The Morgan fingerprint density at radius 3 is 1.91 bits per heavy atom. The molecule has 0 aliphatic carbocycles. The van der Waals surface area contributed by atoms with Gasteiger partial charge in [0.25, 0.3) is 0 Å². The lowest BCUT2D eigenvalue weighted by atomic mass is 10.6. The third-order valence-corrected chi connectivity index (χ3v) is 1.95. The van der Waals surface area contributed by atoms with Gasteiger partial charge >= 0.3 is 0 Å². The summed E-state index contributed by atoms with van der Waals surface area (Å²) in [4.78, 5) is 0. The van der Waals surface area contributed by atoms with Crippen molar-refractivity contribution in [3.8, 4) is 0 Å². The van der Waals surface area contributed by atoms with E-state index in [1.165, 1.54) is 0 Å². The predicted octanol–water partition coefficient (Wildman–Crippen LogP) is -1.75. The van der Waals surface area contributed by atoms with Gasteiger partial charge in [-0.05, 0) is 13.8 Å². The molecular formula is C6H19NO2Si2. The molecule has 0 unspecified atom stereocenters. The maximum absolute atomic E-state index is 5.37. The maximum Gasteiger partial charge on any atom is 0.168 e. The molecular weight excluding hydrogens is 174 g/mol. The zero-order valence-electron chi connectivity index (χ0n) is 7.96. The maximum atomic E-state index is 5.37. The summed E-state index contributed by atoms with van der Waals surface area (Å²) >= 11 is 0. The first kappa shape index (κ1) is 11.3. The quantitative estimate of drug-likeness (QED) is 0.369. The van der Waals surface area contributed by atoms with E-state index >= 15 is 0 Å². The van der Waals surface area contributed by atoms with Gasteiger partial charge in [0.05, 0.1) is 20.8 Å². The minimum atomic E-state index is -0.000000000000000444. The minimum absolute atomic E-state index is 0.000000000000000444. The monoisotopic (exact) mass is 193 g/mol. The summed E-state index contributed by atoms with van der Waals surface area (Å²) < 4.78 is 13.1. The van der Waals surface area contributed by atoms with Gasteiger partial charge < -0.3 is 13.7 Å². The Balaban J connectivity index is 3.50. The van der Waals surface area contributed by atoms with Crippen LogP contribution in [-0.4, -0.2) is 51.1 Å². The van der Waals surface area contributed by atoms with Crippen molar-refractivity contribution < 1.29 is 9.47 Å². The predicted molar refractivity (Wildman–Crippen MR) is 53.6 cm³/mol. The lowest BCUT2D eigenvalue weighted by Crippen LogP contribution is -2.32. The van der Waals surface area contributed by atoms with Crippen LogP contribution in [0.3, 0.4) is 0 Å². The summed E-state index contributed by atoms with van der Waals surface area (Å²) in [6.07, 6.45) is -0.000000000000000444. The lowest BCUT2D eigenvalue weighted by Gasteiger charge is -2.20. The smallest absolute Gasteiger partial charge is 0.168 e. The third-order valence-electron chi connectivity index (χ3n) is 1.22. The van der Waals surface area contributed by atoms with E-state index in [1.807, 2.05) is 13.8 Å². The fraction of sp³-hybridized carbons (Fsp3) is 1.00. The third kappa shape index (κ3) is 6.70. The Labute approximate surface area is 75.1 Å². The zero-order chi connectivity index (χ0) is 8.69. The fourth-order valence-corrected chi connectivity index (χ4v) is 1.42. The highest BCUT2D eigenvalue weighted by Crippen LogP contribution is 1.95. The second-order valence-corrected chi connectivity index (χ2v) is 7.45. The highest BCUT2D eigenvalue weighted by atomic mass is 28.2. The van der Waals surface area contributed by atoms with Gasteiger partial charge in [-0.25, -0.2) is 0 Å². The van der Waals surface area contributed by atoms with Gasteiger partial charge in [0.1, 0.15) is 0 Å². The minimum Gasteiger partial charge on any atom is -0.356 e. The summed E-state index contributed by atoms with van der Waals surface area (Å²) in [5.41, 5.74) is 0. The molecule has 0 saturated carbocycles. The summed E-state index contributed by atoms with van der Waals surface area (Å²) in [6.45, 7) is 6.41. The molecule has 68 valence electrons. The SMILES string of the molecule is CCOC(CN([SiH3])[SiH3])OCC. The van der Waals surface area contributed by atoms with E-state index in [0.29, 0.717) is 0 Å². The number of ether oxygens (including phenoxy) is 2. The van der Waals surface area contributed by atoms with Crippen molar-refractivity contribution in [2.24, 2.45) is 0 Å². The molecule has 11 heavy (non-hydrogen) atoms. The van der Waals surface area contributed by atoms with Crippen LogP contribution in [0.5, 0.6) is 0 Å². The summed E-state index contributed by atoms with van der Waals surface area (Å²) in [7, 11) is 2.23. The van der Waals surface area contributed by atoms with E-state index in [-0.39, 0.29) is 6.29 Å². The fourth-order valence-electron chi connectivity index (χ4n) is 0.823. The van der Waals surface area contributed by atoms with E-state index in [0.717, 1.165) is 40.6 Å². The van der Waals surface area contributed by atoms with Crippen LogP contribution >= 0.6 is 0 Å². The topological polar surface area (TPSA) is 21.7 Å². The van der Waals surface area contributed by atoms with E-state index < -0.39 is 0 Å². The van der Waals surface area contributed by atoms with Crippen LogP contribution in [0, 0.1) is 0 Å². The summed E-state index contributed by atoms with van der Waals surface area (Å²) in [5, 5.41) is 0. The van der Waals surface area contributed by atoms with Gasteiger partial charge in [0.2, 0.25) is 0 Å². The molecule has 3 nitrogen and oxygen atoms in total. The average molecular weight is 193 g/mol. The highest BCUT2D eigenvalue weighted by molar-refractivity contribution is 6.24. The van der Waals surface area contributed by atoms with Crippen molar-refractivity contribution in [3.05, 3.63) is 0 Å². The van der Waals surface area contributed by atoms with Crippen LogP contribution in [-0.2, 0) is 9.47 Å². The van der Waals surface area contributed by atoms with Gasteiger partial charge in [0, 0.05) is 19.8 Å². The number of nitrogens with zero attached hydrogens (tertiary/aromatic N) is 1. The van der Waals surface area contributed by atoms with Crippen molar-refractivity contribution in [1.29, 1.82) is 0 Å². The molecule has 0 N–H and O–H groups in total. The van der Waals surface area contributed by atoms with Crippen LogP contribution in [0.15, 0.2) is 0 Å². The highest BCUT2D eigenvalue weighted by Gasteiger charge is 2.07. The van der Waals surface area contributed by atoms with Gasteiger partial charge in [-0.15, -0.1) is 0 Å². The molecule has 0 fully saturated rings. The van der Waals surface area contributed by atoms with Crippen molar-refractivity contribution in [3.63, 3.8) is 0 Å². The van der Waals surface area contributed by atoms with E-state index in [9.17, 15) is 0 Å². The van der Waals surface area contributed by atoms with Crippen LogP contribution in [0.1, 0.15) is 13.8 Å². The zero-order valence-corrected chi connectivity index (χ0v) is 12.0. The molecule has 0 radical (unpaired) electrons. The molecule has 0 saturated heterocycles. The molecule has 0 rings (SSSR count). The van der Waals surface area contributed by atoms with Crippen molar-refractivity contribution >= 4 is 20.8 Å². The second kappa shape index (κ2) is 6.99. The molecule has 0 aliphatic heterocycles. The van der Waals surface area contributed by atoms with Crippen LogP contribution in [0.4, 0.5) is 0 Å². The molecule has 0 atom stereocenters. The van der Waals surface area contributed by atoms with Crippen LogP contribution < -0.4 is 0 Å². The van der Waals surface area contributed by atoms with E-state index in [1.54, 1.807) is 0 Å². The normalized spacial score (nSPS) is 12.0. The standard InChI is InChI=1S/C6H19NO2Si2/c1-3-8-6(9-4-2)5-7(10)11/h6H,3-5H2,1-2,10-11H3. The molecule has 0 aromatic heterocycles. The Kier molecular flexibility index (Phi) is 7.19. The largest absolute Gasteiger partial charge is 0.356 e. The van der Waals surface area contributed by atoms with Crippen LogP contribution in [0.2, 0.25) is 0 Å². The molecule has 0 aromatic carbocycles. The molecule has 0 aromatic rings. The molecule has 0 amide bonds. The first-order valence-corrected chi connectivity index (χ1v) is 5.87. The van der Waals surface area contributed by atoms with Gasteiger partial charge in [-0.3, -0.25) is 0 Å². The summed E-state index contributed by atoms with van der Waals surface area (Å²) in [6, 6.07) is 0. The lowest BCUT2D eigenvalue weighted by molar-refractivity contribution is -0.136. The molecule has 0 spiro atoms. The summed E-state index contributed by atoms with van der Waals surface area (Å²) in [5.74, 6) is 0. The molecule has 0 aliphatic rings. The van der Waals surface area contributed by atoms with E-state index in [2.05, 4.69) is 4.23 Å². The van der Waals surface area contributed by atoms with Crippen LogP contribution in [0.25, 0.3) is 0 Å². The van der Waals surface area contributed by atoms with Gasteiger partial charge in [-0.1, -0.05) is 0 Å². The number of hydrogen-bond acceptors (Lipinski definition) is 3. The Morgan fingerprint density at radius 2 is 1.64 bits per heavy atom. The molecule has 5 heteroatoms.